The largest absolute Gasteiger partial charge is 0.477 e. The lowest BCUT2D eigenvalue weighted by molar-refractivity contribution is -0.129. The fourth-order valence-corrected chi connectivity index (χ4v) is 1.70. The monoisotopic (exact) mass is 230 g/mol. The Hall–Kier alpha value is -2.10. The number of para-hydroxylation sites is 1. The predicted octanol–water partition coefficient (Wildman–Crippen LogP) is 2.49. The van der Waals surface area contributed by atoms with E-state index in [1.165, 1.54) is 0 Å². The maximum absolute atomic E-state index is 11.1. The molecule has 0 saturated heterocycles. The average molecular weight is 230 g/mol. The summed E-state index contributed by atoms with van der Waals surface area (Å²) in [6, 6.07) is 9.49. The number of carbonyl (C=O) groups is 1. The molecule has 1 aromatic rings. The van der Waals surface area contributed by atoms with Crippen LogP contribution in [0.5, 0.6) is 0 Å². The fraction of sp³-hybridized carbons (Fsp3) is 0.231. The summed E-state index contributed by atoms with van der Waals surface area (Å²) in [6.07, 6.45) is 4.44. The molecule has 4 heteroatoms. The van der Waals surface area contributed by atoms with Crippen molar-refractivity contribution >= 4 is 17.4 Å². The first-order valence-electron chi connectivity index (χ1n) is 5.51. The van der Waals surface area contributed by atoms with E-state index in [1.54, 1.807) is 5.01 Å². The van der Waals surface area contributed by atoms with E-state index in [4.69, 9.17) is 5.11 Å². The molecule has 88 valence electrons. The highest BCUT2D eigenvalue weighted by atomic mass is 16.4. The normalized spacial score (nSPS) is 19.7. The van der Waals surface area contributed by atoms with Crippen LogP contribution in [-0.4, -0.2) is 16.8 Å². The number of rotatable bonds is 2. The van der Waals surface area contributed by atoms with Crippen LogP contribution in [-0.2, 0) is 4.79 Å². The second kappa shape index (κ2) is 4.82. The van der Waals surface area contributed by atoms with E-state index in [-0.39, 0.29) is 11.6 Å². The molecule has 1 N–H and O–H groups in total. The number of hydrazone groups is 1. The Bertz CT molecular complexity index is 466. The van der Waals surface area contributed by atoms with Crippen LogP contribution in [0.1, 0.15) is 13.3 Å². The third kappa shape index (κ3) is 2.53. The van der Waals surface area contributed by atoms with E-state index >= 15 is 0 Å². The van der Waals surface area contributed by atoms with Gasteiger partial charge in [-0.2, -0.15) is 5.10 Å². The van der Waals surface area contributed by atoms with Crippen molar-refractivity contribution < 1.29 is 9.90 Å². The molecule has 0 aromatic heterocycles. The Balaban J connectivity index is 2.37. The fourth-order valence-electron chi connectivity index (χ4n) is 1.70. The first-order valence-corrected chi connectivity index (χ1v) is 5.51. The Morgan fingerprint density at radius 2 is 2.12 bits per heavy atom. The number of carboxylic acids is 1. The van der Waals surface area contributed by atoms with Gasteiger partial charge in [0.05, 0.1) is 5.69 Å². The molecule has 0 amide bonds. The minimum Gasteiger partial charge on any atom is -0.477 e. The highest BCUT2D eigenvalue weighted by molar-refractivity contribution is 6.36. The van der Waals surface area contributed by atoms with Crippen molar-refractivity contribution in [2.45, 2.75) is 13.3 Å². The number of allylic oxidation sites excluding steroid dienone is 1. The summed E-state index contributed by atoms with van der Waals surface area (Å²) in [5.74, 6) is -1.03. The Labute approximate surface area is 99.9 Å². The molecule has 4 nitrogen and oxygen atoms in total. The van der Waals surface area contributed by atoms with Crippen molar-refractivity contribution in [3.05, 3.63) is 42.6 Å². The molecule has 1 unspecified atom stereocenters. The van der Waals surface area contributed by atoms with Gasteiger partial charge in [0.2, 0.25) is 0 Å². The molecule has 1 aliphatic rings. The molecule has 0 fully saturated rings. The van der Waals surface area contributed by atoms with Crippen molar-refractivity contribution in [3.8, 4) is 0 Å². The standard InChI is InChI=1S/C13H14N2O2/c1-10-6-5-9-15(14-12(10)13(16)17)11-7-3-2-4-8-11/h2-5,7-10H,6H2,1H3,(H,16,17). The maximum atomic E-state index is 11.1. The van der Waals surface area contributed by atoms with Crippen LogP contribution >= 0.6 is 0 Å². The first-order chi connectivity index (χ1) is 8.18. The van der Waals surface area contributed by atoms with Crippen LogP contribution in [0, 0.1) is 5.92 Å². The van der Waals surface area contributed by atoms with Crippen LogP contribution in [0.25, 0.3) is 0 Å². The topological polar surface area (TPSA) is 52.9 Å². The van der Waals surface area contributed by atoms with Crippen LogP contribution in [0.4, 0.5) is 5.69 Å². The van der Waals surface area contributed by atoms with Gasteiger partial charge in [0.1, 0.15) is 5.71 Å². The molecule has 0 radical (unpaired) electrons. The molecule has 1 aliphatic heterocycles. The van der Waals surface area contributed by atoms with Gasteiger partial charge in [-0.1, -0.05) is 31.2 Å². The number of aliphatic carboxylic acids is 1. The second-order valence-corrected chi connectivity index (χ2v) is 3.99. The molecule has 1 heterocycles. The van der Waals surface area contributed by atoms with Crippen LogP contribution in [0.3, 0.4) is 0 Å². The Morgan fingerprint density at radius 1 is 1.41 bits per heavy atom. The quantitative estimate of drug-likeness (QED) is 0.849. The minimum absolute atomic E-state index is 0.0718. The van der Waals surface area contributed by atoms with E-state index < -0.39 is 5.97 Å². The van der Waals surface area contributed by atoms with Gasteiger partial charge in [0, 0.05) is 12.1 Å². The van der Waals surface area contributed by atoms with E-state index in [0.29, 0.717) is 6.42 Å². The first kappa shape index (κ1) is 11.4. The molecular weight excluding hydrogens is 216 g/mol. The second-order valence-electron chi connectivity index (χ2n) is 3.99. The number of hydrogen-bond acceptors (Lipinski definition) is 3. The molecule has 0 aliphatic carbocycles. The lowest BCUT2D eigenvalue weighted by atomic mass is 10.0. The van der Waals surface area contributed by atoms with E-state index in [9.17, 15) is 4.79 Å². The van der Waals surface area contributed by atoms with Gasteiger partial charge in [0.25, 0.3) is 0 Å². The highest BCUT2D eigenvalue weighted by Crippen LogP contribution is 2.19. The zero-order valence-corrected chi connectivity index (χ0v) is 9.58. The van der Waals surface area contributed by atoms with Crippen LogP contribution < -0.4 is 5.01 Å². The third-order valence-corrected chi connectivity index (χ3v) is 2.66. The summed E-state index contributed by atoms with van der Waals surface area (Å²) in [5.41, 5.74) is 1.05. The van der Waals surface area contributed by atoms with Crippen LogP contribution in [0.2, 0.25) is 0 Å². The van der Waals surface area contributed by atoms with E-state index in [2.05, 4.69) is 5.10 Å². The average Bonchev–Trinajstić information content (AvgIpc) is 2.52. The van der Waals surface area contributed by atoms with Crippen LogP contribution in [0.15, 0.2) is 47.7 Å². The van der Waals surface area contributed by atoms with Crippen molar-refractivity contribution in [2.24, 2.45) is 11.0 Å². The highest BCUT2D eigenvalue weighted by Gasteiger charge is 2.21. The maximum Gasteiger partial charge on any atom is 0.352 e. The molecule has 0 spiro atoms. The number of carboxylic acid groups (broad SMARTS) is 1. The molecule has 1 aromatic carbocycles. The summed E-state index contributed by atoms with van der Waals surface area (Å²) in [6.45, 7) is 1.87. The Kier molecular flexibility index (Phi) is 3.23. The summed E-state index contributed by atoms with van der Waals surface area (Å²) in [7, 11) is 0. The number of anilines is 1. The van der Waals surface area contributed by atoms with Gasteiger partial charge < -0.3 is 5.11 Å². The number of hydrogen-bond donors (Lipinski definition) is 1. The molecule has 1 atom stereocenters. The van der Waals surface area contributed by atoms with Gasteiger partial charge in [-0.3, -0.25) is 0 Å². The molecule has 2 rings (SSSR count). The molecule has 0 saturated carbocycles. The van der Waals surface area contributed by atoms with Crippen molar-refractivity contribution in [3.63, 3.8) is 0 Å². The summed E-state index contributed by atoms with van der Waals surface area (Å²) >= 11 is 0. The molecule has 17 heavy (non-hydrogen) atoms. The number of benzene rings is 1. The SMILES string of the molecule is CC1CC=CN(c2ccccc2)N=C1C(=O)O. The summed E-state index contributed by atoms with van der Waals surface area (Å²) in [4.78, 5) is 11.1. The van der Waals surface area contributed by atoms with Crippen molar-refractivity contribution in [1.29, 1.82) is 0 Å². The Morgan fingerprint density at radius 3 is 2.76 bits per heavy atom. The molecule has 0 bridgehead atoms. The van der Waals surface area contributed by atoms with Gasteiger partial charge in [-0.15, -0.1) is 0 Å². The lowest BCUT2D eigenvalue weighted by Gasteiger charge is -2.14. The molecular formula is C13H14N2O2. The smallest absolute Gasteiger partial charge is 0.352 e. The minimum atomic E-state index is -0.956. The zero-order chi connectivity index (χ0) is 12.3. The zero-order valence-electron chi connectivity index (χ0n) is 9.58. The van der Waals surface area contributed by atoms with Gasteiger partial charge in [-0.25, -0.2) is 9.80 Å². The summed E-state index contributed by atoms with van der Waals surface area (Å²) < 4.78 is 0. The van der Waals surface area contributed by atoms with Gasteiger partial charge >= 0.3 is 5.97 Å². The van der Waals surface area contributed by atoms with E-state index in [1.807, 2.05) is 49.5 Å². The van der Waals surface area contributed by atoms with Gasteiger partial charge in [-0.05, 0) is 18.6 Å². The predicted molar refractivity (Wildman–Crippen MR) is 66.9 cm³/mol. The summed E-state index contributed by atoms with van der Waals surface area (Å²) in [5, 5.41) is 14.9. The van der Waals surface area contributed by atoms with E-state index in [0.717, 1.165) is 5.69 Å². The third-order valence-electron chi connectivity index (χ3n) is 2.66. The van der Waals surface area contributed by atoms with Gasteiger partial charge in [0.15, 0.2) is 0 Å². The number of nitrogens with zero attached hydrogens (tertiary/aromatic N) is 2. The van der Waals surface area contributed by atoms with Crippen molar-refractivity contribution in [2.75, 3.05) is 5.01 Å². The lowest BCUT2D eigenvalue weighted by Crippen LogP contribution is -2.23. The van der Waals surface area contributed by atoms with Crippen molar-refractivity contribution in [1.82, 2.24) is 0 Å².